The van der Waals surface area contributed by atoms with Gasteiger partial charge in [0.15, 0.2) is 6.29 Å². The van der Waals surface area contributed by atoms with Crippen LogP contribution in [-0.4, -0.2) is 82.9 Å². The number of ether oxygens (including phenoxy) is 4. The second-order valence-corrected chi connectivity index (χ2v) is 7.05. The van der Waals surface area contributed by atoms with E-state index in [1.54, 1.807) is 6.92 Å². The van der Waals surface area contributed by atoms with Gasteiger partial charge in [0.25, 0.3) is 0 Å². The molecule has 0 bridgehead atoms. The Morgan fingerprint density at radius 3 is 2.56 bits per heavy atom. The van der Waals surface area contributed by atoms with Gasteiger partial charge in [0.2, 0.25) is 6.29 Å². The lowest BCUT2D eigenvalue weighted by molar-refractivity contribution is -0.342. The number of carbonyl (C=O) groups excluding carboxylic acids is 2. The van der Waals surface area contributed by atoms with Crippen molar-refractivity contribution in [3.8, 4) is 0 Å². The van der Waals surface area contributed by atoms with Crippen LogP contribution in [0.4, 0.5) is 0 Å². The van der Waals surface area contributed by atoms with Crippen molar-refractivity contribution in [3.63, 3.8) is 0 Å². The molecule has 1 saturated heterocycles. The summed E-state index contributed by atoms with van der Waals surface area (Å²) in [5.74, 6) is -2.13. The number of carbonyl (C=O) groups is 2. The second-order valence-electron chi connectivity index (χ2n) is 7.05. The maximum atomic E-state index is 12.2. The summed E-state index contributed by atoms with van der Waals surface area (Å²) in [4.78, 5) is 24.2. The van der Waals surface area contributed by atoms with Gasteiger partial charge in [0, 0.05) is 24.2 Å². The molecular formula is C17H24O10. The maximum Gasteiger partial charge on any atom is 0.337 e. The highest BCUT2D eigenvalue weighted by atomic mass is 16.8. The van der Waals surface area contributed by atoms with Crippen LogP contribution in [0.2, 0.25) is 0 Å². The van der Waals surface area contributed by atoms with Crippen molar-refractivity contribution >= 4 is 11.8 Å². The Morgan fingerprint density at radius 1 is 1.22 bits per heavy atom. The van der Waals surface area contributed by atoms with Gasteiger partial charge in [-0.15, -0.1) is 0 Å². The van der Waals surface area contributed by atoms with Crippen LogP contribution in [0, 0.1) is 17.8 Å². The van der Waals surface area contributed by atoms with Gasteiger partial charge in [-0.25, -0.2) is 4.79 Å². The van der Waals surface area contributed by atoms with E-state index >= 15 is 0 Å². The van der Waals surface area contributed by atoms with Gasteiger partial charge in [-0.3, -0.25) is 4.79 Å². The number of ketones is 1. The third-order valence-corrected chi connectivity index (χ3v) is 5.55. The predicted octanol–water partition coefficient (Wildman–Crippen LogP) is -1.94. The molecule has 2 fully saturated rings. The molecule has 10 heteroatoms. The van der Waals surface area contributed by atoms with E-state index in [1.165, 1.54) is 13.4 Å². The molecule has 0 aromatic rings. The first-order valence-electron chi connectivity index (χ1n) is 8.72. The second kappa shape index (κ2) is 7.82. The highest BCUT2D eigenvalue weighted by molar-refractivity contribution is 5.92. The molecule has 0 spiro atoms. The highest BCUT2D eigenvalue weighted by Gasteiger charge is 2.53. The predicted molar refractivity (Wildman–Crippen MR) is 85.6 cm³/mol. The normalized spacial score (nSPS) is 44.3. The van der Waals surface area contributed by atoms with Gasteiger partial charge >= 0.3 is 5.97 Å². The number of Topliss-reactive ketones (excluding diaryl/α,β-unsaturated/α-hetero) is 1. The van der Waals surface area contributed by atoms with Crippen LogP contribution in [0.3, 0.4) is 0 Å². The van der Waals surface area contributed by atoms with Crippen LogP contribution in [0.15, 0.2) is 11.8 Å². The van der Waals surface area contributed by atoms with Crippen LogP contribution < -0.4 is 0 Å². The minimum atomic E-state index is -1.59. The number of aliphatic hydroxyl groups is 4. The standard InChI is InChI=1S/C17H24O10/c1-6-9(19)3-7-8(15(23)24-2)5-25-16(11(6)7)27-17-14(22)13(21)12(20)10(4-18)26-17/h5-7,10-14,16-18,20-22H,3-4H2,1-2H3/t6-,7+,10-,11+,12-,13+,14-,16-,17-/m0/s1. The molecule has 0 radical (unpaired) electrons. The molecule has 3 aliphatic rings. The first kappa shape index (κ1) is 20.2. The molecule has 0 unspecified atom stereocenters. The Labute approximate surface area is 155 Å². The lowest BCUT2D eigenvalue weighted by Crippen LogP contribution is -2.60. The van der Waals surface area contributed by atoms with Crippen LogP contribution in [0.5, 0.6) is 0 Å². The van der Waals surface area contributed by atoms with Crippen LogP contribution in [0.25, 0.3) is 0 Å². The number of hydrogen-bond acceptors (Lipinski definition) is 10. The van der Waals surface area contributed by atoms with E-state index < -0.39 is 67.3 Å². The molecule has 3 rings (SSSR count). The molecule has 2 heterocycles. The summed E-state index contributed by atoms with van der Waals surface area (Å²) >= 11 is 0. The zero-order valence-electron chi connectivity index (χ0n) is 14.9. The van der Waals surface area contributed by atoms with E-state index in [0.717, 1.165) is 0 Å². The summed E-state index contributed by atoms with van der Waals surface area (Å²) in [6.07, 6.45) is -6.96. The van der Waals surface area contributed by atoms with E-state index in [4.69, 9.17) is 18.9 Å². The Hall–Kier alpha value is -1.56. The first-order valence-corrected chi connectivity index (χ1v) is 8.72. The number of esters is 1. The molecule has 0 aromatic carbocycles. The minimum absolute atomic E-state index is 0.0623. The number of aliphatic hydroxyl groups excluding tert-OH is 4. The van der Waals surface area contributed by atoms with Crippen molar-refractivity contribution in [1.82, 2.24) is 0 Å². The van der Waals surface area contributed by atoms with E-state index in [2.05, 4.69) is 0 Å². The molecule has 4 N–H and O–H groups in total. The van der Waals surface area contributed by atoms with Crippen molar-refractivity contribution in [3.05, 3.63) is 11.8 Å². The smallest absolute Gasteiger partial charge is 0.337 e. The number of fused-ring (bicyclic) bond motifs is 1. The lowest BCUT2D eigenvalue weighted by Gasteiger charge is -2.42. The van der Waals surface area contributed by atoms with Gasteiger partial charge in [-0.2, -0.15) is 0 Å². The molecule has 1 saturated carbocycles. The average molecular weight is 388 g/mol. The fourth-order valence-electron chi connectivity index (χ4n) is 3.92. The Kier molecular flexibility index (Phi) is 5.84. The SMILES string of the molecule is COC(=O)C1=CO[C@@H](O[C@@H]2O[C@@H](CO)[C@H](O)[C@@H](O)[C@@H]2O)[C@H]2[C@@H]1CC(=O)[C@@H]2C. The monoisotopic (exact) mass is 388 g/mol. The Morgan fingerprint density at radius 2 is 1.93 bits per heavy atom. The topological polar surface area (TPSA) is 152 Å². The zero-order valence-corrected chi connectivity index (χ0v) is 14.9. The van der Waals surface area contributed by atoms with Crippen molar-refractivity contribution in [2.24, 2.45) is 17.8 Å². The fraction of sp³-hybridized carbons (Fsp3) is 0.765. The highest BCUT2D eigenvalue weighted by Crippen LogP contribution is 2.45. The molecule has 10 nitrogen and oxygen atoms in total. The lowest BCUT2D eigenvalue weighted by atomic mass is 9.83. The van der Waals surface area contributed by atoms with Crippen molar-refractivity contribution in [2.45, 2.75) is 50.3 Å². The number of methoxy groups -OCH3 is 1. The Balaban J connectivity index is 1.81. The average Bonchev–Trinajstić information content (AvgIpc) is 2.96. The molecule has 0 amide bonds. The zero-order chi connectivity index (χ0) is 19.9. The summed E-state index contributed by atoms with van der Waals surface area (Å²) in [5.41, 5.74) is 0.230. The molecule has 0 aromatic heterocycles. The first-order chi connectivity index (χ1) is 12.8. The third kappa shape index (κ3) is 3.48. The van der Waals surface area contributed by atoms with Crippen LogP contribution in [-0.2, 0) is 28.5 Å². The fourth-order valence-corrected chi connectivity index (χ4v) is 3.92. The van der Waals surface area contributed by atoms with Gasteiger partial charge in [0.05, 0.1) is 25.6 Å². The summed E-state index contributed by atoms with van der Waals surface area (Å²) in [5, 5.41) is 39.1. The van der Waals surface area contributed by atoms with Gasteiger partial charge in [-0.05, 0) is 0 Å². The van der Waals surface area contributed by atoms with Crippen molar-refractivity contribution < 1.29 is 49.0 Å². The van der Waals surface area contributed by atoms with Gasteiger partial charge in [-0.1, -0.05) is 6.92 Å². The third-order valence-electron chi connectivity index (χ3n) is 5.55. The summed E-state index contributed by atoms with van der Waals surface area (Å²) in [6, 6.07) is 0. The van der Waals surface area contributed by atoms with E-state index in [1.807, 2.05) is 0 Å². The molecule has 1 aliphatic carbocycles. The molecule has 9 atom stereocenters. The largest absolute Gasteiger partial charge is 0.472 e. The van der Waals surface area contributed by atoms with Gasteiger partial charge in [0.1, 0.15) is 30.2 Å². The number of rotatable bonds is 4. The Bertz CT molecular complexity index is 617. The van der Waals surface area contributed by atoms with Crippen molar-refractivity contribution in [1.29, 1.82) is 0 Å². The van der Waals surface area contributed by atoms with E-state index in [0.29, 0.717) is 0 Å². The van der Waals surface area contributed by atoms with E-state index in [-0.39, 0.29) is 17.8 Å². The van der Waals surface area contributed by atoms with Crippen LogP contribution in [0.1, 0.15) is 13.3 Å². The van der Waals surface area contributed by atoms with E-state index in [9.17, 15) is 30.0 Å². The van der Waals surface area contributed by atoms with Crippen LogP contribution >= 0.6 is 0 Å². The van der Waals surface area contributed by atoms with Gasteiger partial charge < -0.3 is 39.4 Å². The molecule has 152 valence electrons. The summed E-state index contributed by atoms with van der Waals surface area (Å²) in [7, 11) is 1.23. The number of hydrogen-bond donors (Lipinski definition) is 4. The quantitative estimate of drug-likeness (QED) is 0.400. The summed E-state index contributed by atoms with van der Waals surface area (Å²) in [6.45, 7) is 1.10. The minimum Gasteiger partial charge on any atom is -0.472 e. The summed E-state index contributed by atoms with van der Waals surface area (Å²) < 4.78 is 21.2. The molecule has 2 aliphatic heterocycles. The molecular weight excluding hydrogens is 364 g/mol. The maximum absolute atomic E-state index is 12.2. The van der Waals surface area contributed by atoms with Crippen molar-refractivity contribution in [2.75, 3.05) is 13.7 Å². The molecule has 27 heavy (non-hydrogen) atoms.